The fourth-order valence-electron chi connectivity index (χ4n) is 4.31. The molecule has 0 amide bonds. The van der Waals surface area contributed by atoms with Gasteiger partial charge in [0.25, 0.3) is 5.56 Å². The van der Waals surface area contributed by atoms with Crippen LogP contribution in [0.25, 0.3) is 21.8 Å². The molecule has 7 heteroatoms. The second-order valence-electron chi connectivity index (χ2n) is 7.91. The van der Waals surface area contributed by atoms with Crippen LogP contribution in [0.15, 0.2) is 47.4 Å². The molecule has 1 aromatic carbocycles. The zero-order valence-electron chi connectivity index (χ0n) is 18.4. The quantitative estimate of drug-likeness (QED) is 0.670. The first-order valence-electron chi connectivity index (χ1n) is 11.1. The molecule has 0 spiro atoms. The van der Waals surface area contributed by atoms with Gasteiger partial charge in [0.2, 0.25) is 0 Å². The van der Waals surface area contributed by atoms with Gasteiger partial charge < -0.3 is 9.80 Å². The number of nitrogens with one attached hydrogen (secondary N) is 1. The zero-order chi connectivity index (χ0) is 22.0. The van der Waals surface area contributed by atoms with Gasteiger partial charge in [0.15, 0.2) is 0 Å². The Morgan fingerprint density at radius 2 is 1.94 bits per heavy atom. The van der Waals surface area contributed by atoms with Crippen LogP contribution in [-0.4, -0.2) is 52.9 Å². The molecule has 1 atom stereocenters. The molecule has 1 unspecified atom stereocenters. The van der Waals surface area contributed by atoms with Crippen LogP contribution in [0.2, 0.25) is 0 Å². The van der Waals surface area contributed by atoms with E-state index in [9.17, 15) is 4.79 Å². The topological polar surface area (TPSA) is 57.2 Å². The maximum atomic E-state index is 15.1. The summed E-state index contributed by atoms with van der Waals surface area (Å²) in [5, 5.41) is 4.34. The van der Waals surface area contributed by atoms with E-state index >= 15 is 4.39 Å². The smallest absolute Gasteiger partial charge is 0.276 e. The van der Waals surface area contributed by atoms with Crippen molar-refractivity contribution in [2.45, 2.75) is 32.7 Å². The number of rotatable bonds is 2. The Morgan fingerprint density at radius 3 is 2.71 bits per heavy atom. The minimum atomic E-state index is -0.273. The lowest BCUT2D eigenvalue weighted by Crippen LogP contribution is -2.29. The number of hydrogen-bond acceptors (Lipinski definition) is 4. The molecular formula is C24H30FN5O. The highest BCUT2D eigenvalue weighted by Crippen LogP contribution is 2.29. The van der Waals surface area contributed by atoms with Gasteiger partial charge >= 0.3 is 0 Å². The third kappa shape index (κ3) is 4.02. The van der Waals surface area contributed by atoms with Crippen LogP contribution in [0.3, 0.4) is 0 Å². The van der Waals surface area contributed by atoms with E-state index in [0.717, 1.165) is 39.0 Å². The average molecular weight is 424 g/mol. The number of likely N-dealkylation sites (N-methyl/N-ethyl adjacent to an activating group) is 1. The van der Waals surface area contributed by atoms with Crippen molar-refractivity contribution in [2.24, 2.45) is 0 Å². The van der Waals surface area contributed by atoms with Gasteiger partial charge in [0.1, 0.15) is 5.82 Å². The average Bonchev–Trinajstić information content (AvgIpc) is 2.99. The van der Waals surface area contributed by atoms with Crippen LogP contribution in [0, 0.1) is 5.82 Å². The minimum Gasteiger partial charge on any atom is -0.368 e. The minimum absolute atomic E-state index is 0.0619. The van der Waals surface area contributed by atoms with Crippen molar-refractivity contribution in [1.29, 1.82) is 0 Å². The van der Waals surface area contributed by atoms with Crippen LogP contribution in [0.1, 0.15) is 32.7 Å². The first-order chi connectivity index (χ1) is 15.1. The fraction of sp³-hybridized carbons (Fsp3) is 0.417. The fourth-order valence-corrected chi connectivity index (χ4v) is 4.31. The predicted octanol–water partition coefficient (Wildman–Crippen LogP) is 4.24. The lowest BCUT2D eigenvalue weighted by Gasteiger charge is -2.23. The van der Waals surface area contributed by atoms with Gasteiger partial charge in [-0.05, 0) is 38.6 Å². The zero-order valence-corrected chi connectivity index (χ0v) is 18.4. The highest BCUT2D eigenvalue weighted by Gasteiger charge is 2.20. The maximum Gasteiger partial charge on any atom is 0.276 e. The summed E-state index contributed by atoms with van der Waals surface area (Å²) in [5.74, 6) is -0.273. The summed E-state index contributed by atoms with van der Waals surface area (Å²) in [5.41, 5.74) is 1.80. The van der Waals surface area contributed by atoms with E-state index < -0.39 is 0 Å². The molecule has 2 aromatic heterocycles. The standard InChI is InChI=1S/C22H24FN5O.C2H6/c1-26-8-5-9-27(11-10-26)20-13-19-16(12-18(20)23)21-17(14-24-19)22(29)28(25-21)15-6-3-2-4-7-15;1-2/h2-4,6,12-15,25H,5,7-11H2,1H3;1-2H3. The number of pyridine rings is 1. The molecule has 6 nitrogen and oxygen atoms in total. The van der Waals surface area contributed by atoms with Crippen LogP contribution < -0.4 is 10.5 Å². The summed E-state index contributed by atoms with van der Waals surface area (Å²) in [6.45, 7) is 7.53. The van der Waals surface area contributed by atoms with Crippen LogP contribution in [-0.2, 0) is 0 Å². The molecule has 31 heavy (non-hydrogen) atoms. The van der Waals surface area contributed by atoms with Gasteiger partial charge in [0, 0.05) is 31.2 Å². The van der Waals surface area contributed by atoms with Crippen molar-refractivity contribution in [1.82, 2.24) is 19.7 Å². The summed E-state index contributed by atoms with van der Waals surface area (Å²) in [6.07, 6.45) is 11.3. The highest BCUT2D eigenvalue weighted by molar-refractivity contribution is 6.03. The third-order valence-corrected chi connectivity index (χ3v) is 5.97. The first-order valence-corrected chi connectivity index (χ1v) is 11.1. The second-order valence-corrected chi connectivity index (χ2v) is 7.91. The Hall–Kier alpha value is -2.93. The normalized spacial score (nSPS) is 19.5. The van der Waals surface area contributed by atoms with E-state index in [4.69, 9.17) is 0 Å². The van der Waals surface area contributed by atoms with Gasteiger partial charge in [-0.3, -0.25) is 14.9 Å². The summed E-state index contributed by atoms with van der Waals surface area (Å²) in [7, 11) is 2.09. The Labute approximate surface area is 181 Å². The highest BCUT2D eigenvalue weighted by atomic mass is 19.1. The van der Waals surface area contributed by atoms with E-state index in [1.807, 2.05) is 44.2 Å². The van der Waals surface area contributed by atoms with Crippen LogP contribution >= 0.6 is 0 Å². The summed E-state index contributed by atoms with van der Waals surface area (Å²) in [6, 6.07) is 3.27. The molecule has 1 fully saturated rings. The van der Waals surface area contributed by atoms with Crippen molar-refractivity contribution in [3.63, 3.8) is 0 Å². The number of allylic oxidation sites excluding steroid dienone is 4. The van der Waals surface area contributed by atoms with Gasteiger partial charge in [-0.1, -0.05) is 38.2 Å². The maximum absolute atomic E-state index is 15.1. The van der Waals surface area contributed by atoms with E-state index in [-0.39, 0.29) is 17.4 Å². The molecule has 164 valence electrons. The van der Waals surface area contributed by atoms with E-state index in [0.29, 0.717) is 27.5 Å². The number of H-pyrrole nitrogens is 1. The molecule has 0 saturated carbocycles. The number of benzene rings is 1. The summed E-state index contributed by atoms with van der Waals surface area (Å²) >= 11 is 0. The number of halogens is 1. The number of fused-ring (bicyclic) bond motifs is 3. The van der Waals surface area contributed by atoms with Crippen molar-refractivity contribution in [3.05, 3.63) is 58.8 Å². The van der Waals surface area contributed by atoms with Gasteiger partial charge in [-0.15, -0.1) is 0 Å². The van der Waals surface area contributed by atoms with Crippen molar-refractivity contribution in [3.8, 4) is 0 Å². The van der Waals surface area contributed by atoms with Crippen molar-refractivity contribution >= 4 is 27.5 Å². The predicted molar refractivity (Wildman–Crippen MR) is 125 cm³/mol. The molecular weight excluding hydrogens is 393 g/mol. The Bertz CT molecular complexity index is 1190. The molecule has 3 heterocycles. The summed E-state index contributed by atoms with van der Waals surface area (Å²) < 4.78 is 16.7. The molecule has 2 aliphatic rings. The molecule has 1 N–H and O–H groups in total. The molecule has 0 bridgehead atoms. The second kappa shape index (κ2) is 9.06. The number of aromatic nitrogens is 3. The van der Waals surface area contributed by atoms with Gasteiger partial charge in [0.05, 0.1) is 28.1 Å². The molecule has 1 aliphatic carbocycles. The van der Waals surface area contributed by atoms with Crippen LogP contribution in [0.4, 0.5) is 10.1 Å². The van der Waals surface area contributed by atoms with Gasteiger partial charge in [-0.25, -0.2) is 9.07 Å². The lowest BCUT2D eigenvalue weighted by molar-refractivity contribution is 0.360. The van der Waals surface area contributed by atoms with E-state index in [2.05, 4.69) is 26.9 Å². The largest absolute Gasteiger partial charge is 0.368 e. The molecule has 1 saturated heterocycles. The number of aromatic amines is 1. The van der Waals surface area contributed by atoms with Gasteiger partial charge in [-0.2, -0.15) is 0 Å². The van der Waals surface area contributed by atoms with Crippen LogP contribution in [0.5, 0.6) is 0 Å². The molecule has 5 rings (SSSR count). The molecule has 1 aliphatic heterocycles. The molecule has 3 aromatic rings. The summed E-state index contributed by atoms with van der Waals surface area (Å²) in [4.78, 5) is 21.7. The SMILES string of the molecule is CC.CN1CCCN(c2cc3ncc4c(=O)n(C5C=CC=CC5)[nH]c4c3cc2F)CC1. The Kier molecular flexibility index (Phi) is 6.23. The molecule has 0 radical (unpaired) electrons. The Morgan fingerprint density at radius 1 is 1.10 bits per heavy atom. The lowest BCUT2D eigenvalue weighted by atomic mass is 10.1. The number of nitrogens with zero attached hydrogens (tertiary/aromatic N) is 4. The number of anilines is 1. The van der Waals surface area contributed by atoms with Crippen molar-refractivity contribution < 1.29 is 4.39 Å². The first kappa shape index (κ1) is 21.3. The monoisotopic (exact) mass is 423 g/mol. The van der Waals surface area contributed by atoms with E-state index in [1.54, 1.807) is 10.9 Å². The number of hydrogen-bond donors (Lipinski definition) is 1. The van der Waals surface area contributed by atoms with E-state index in [1.165, 1.54) is 6.07 Å². The third-order valence-electron chi connectivity index (χ3n) is 5.97. The van der Waals surface area contributed by atoms with Crippen molar-refractivity contribution in [2.75, 3.05) is 38.1 Å². The Balaban J connectivity index is 0.00000112.